The Morgan fingerprint density at radius 3 is 1.15 bits per heavy atom. The summed E-state index contributed by atoms with van der Waals surface area (Å²) in [6.07, 6.45) is -9.16. The van der Waals surface area contributed by atoms with E-state index in [-0.39, 0.29) is 0 Å². The molecule has 0 bridgehead atoms. The normalized spacial score (nSPS) is 12.0. The van der Waals surface area contributed by atoms with Crippen LogP contribution in [0.4, 0.5) is 26.3 Å². The summed E-state index contributed by atoms with van der Waals surface area (Å²) in [4.78, 5) is 15.6. The molecule has 84 heavy (non-hydrogen) atoms. The van der Waals surface area contributed by atoms with Crippen LogP contribution in [0, 0.1) is 13.8 Å². The van der Waals surface area contributed by atoms with Gasteiger partial charge in [0.25, 0.3) is 0 Å². The Balaban J connectivity index is 1.09. The first kappa shape index (κ1) is 53.3. The lowest BCUT2D eigenvalue weighted by atomic mass is 9.96. The van der Waals surface area contributed by atoms with Gasteiger partial charge in [0, 0.05) is 33.2 Å². The molecule has 0 fully saturated rings. The van der Waals surface area contributed by atoms with Gasteiger partial charge in [-0.1, -0.05) is 200 Å². The second-order valence-electron chi connectivity index (χ2n) is 21.2. The van der Waals surface area contributed by atoms with Gasteiger partial charge in [0.1, 0.15) is 0 Å². The number of aryl methyl sites for hydroxylation is 2. The first-order chi connectivity index (χ1) is 40.7. The molecular weight excluding hydrogens is 1070 g/mol. The highest BCUT2D eigenvalue weighted by molar-refractivity contribution is 7.19. The quantitative estimate of drug-likeness (QED) is 0.0736. The van der Waals surface area contributed by atoms with E-state index in [2.05, 4.69) is 108 Å². The molecule has 0 aliphatic carbocycles. The summed E-state index contributed by atoms with van der Waals surface area (Å²) < 4.78 is 88.3. The fraction of sp³-hybridized carbons (Fsp3) is 0.0548. The molecule has 0 saturated heterocycles. The zero-order valence-corrected chi connectivity index (χ0v) is 46.5. The van der Waals surface area contributed by atoms with Crippen LogP contribution < -0.4 is 20.7 Å². The predicted molar refractivity (Wildman–Crippen MR) is 330 cm³/mol. The summed E-state index contributed by atoms with van der Waals surface area (Å²) in [7, 11) is -3.08. The second-order valence-corrected chi connectivity index (χ2v) is 25.0. The third-order valence-electron chi connectivity index (χ3n) is 15.7. The lowest BCUT2D eigenvalue weighted by molar-refractivity contribution is -0.138. The summed E-state index contributed by atoms with van der Waals surface area (Å²) in [5, 5.41) is 6.13. The third-order valence-corrected chi connectivity index (χ3v) is 20.4. The van der Waals surface area contributed by atoms with Gasteiger partial charge in [-0.2, -0.15) is 26.3 Å². The largest absolute Gasteiger partial charge is 0.416 e. The maximum atomic E-state index is 14.4. The van der Waals surface area contributed by atoms with Crippen molar-refractivity contribution in [1.29, 1.82) is 0 Å². The number of nitrogens with zero attached hydrogens (tertiary/aromatic N) is 4. The smallest absolute Gasteiger partial charge is 0.309 e. The summed E-state index contributed by atoms with van der Waals surface area (Å²) >= 11 is 0. The molecular formula is C73H50F6N4Si. The number of hydrogen-bond acceptors (Lipinski definition) is 3. The maximum Gasteiger partial charge on any atom is 0.416 e. The van der Waals surface area contributed by atoms with Crippen molar-refractivity contribution in [2.75, 3.05) is 0 Å². The van der Waals surface area contributed by atoms with E-state index < -0.39 is 31.6 Å². The molecule has 11 aromatic carbocycles. The van der Waals surface area contributed by atoms with Crippen molar-refractivity contribution in [3.63, 3.8) is 0 Å². The minimum atomic E-state index is -4.58. The number of halogens is 6. The molecule has 13 rings (SSSR count). The molecule has 0 aliphatic heterocycles. The number of alkyl halides is 6. The highest BCUT2D eigenvalue weighted by Gasteiger charge is 2.42. The molecule has 0 unspecified atom stereocenters. The monoisotopic (exact) mass is 1120 g/mol. The molecule has 0 radical (unpaired) electrons. The van der Waals surface area contributed by atoms with E-state index in [9.17, 15) is 26.3 Å². The molecule has 11 heteroatoms. The fourth-order valence-corrected chi connectivity index (χ4v) is 16.7. The molecule has 0 amide bonds. The summed E-state index contributed by atoms with van der Waals surface area (Å²) in [5.41, 5.74) is 7.45. The van der Waals surface area contributed by atoms with Crippen LogP contribution in [0.5, 0.6) is 0 Å². The number of rotatable bonds is 11. The number of benzene rings is 11. The molecule has 0 saturated carbocycles. The predicted octanol–water partition coefficient (Wildman–Crippen LogP) is 17.0. The lowest BCUT2D eigenvalue weighted by Crippen LogP contribution is -2.74. The van der Waals surface area contributed by atoms with Gasteiger partial charge < -0.3 is 4.57 Å². The van der Waals surface area contributed by atoms with Gasteiger partial charge in [0.15, 0.2) is 25.5 Å². The molecule has 2 aromatic heterocycles. The van der Waals surface area contributed by atoms with Crippen LogP contribution in [-0.4, -0.2) is 27.6 Å². The standard InChI is InChI=1S/C73H50F6N4Si/c1-47-37-54(41-56(39-47)72(74,75)76)51-31-35-67-65(44-51)66-45-52(55-38-48(2)40-57(42-55)73(77,78)79)32-36-68(66)83(67)58-33-34-63(71-81-69(49-19-8-3-9-20-49)80-70(82-71)50-21-10-4-11-22-50)64(46-58)53-23-18-30-62(43-53)84(59-24-12-5-13-25-59,60-26-14-6-15-27-60)61-28-16-7-17-29-61/h3-46H,1-2H3. The van der Waals surface area contributed by atoms with Gasteiger partial charge in [0.05, 0.1) is 22.2 Å². The minimum absolute atomic E-state index is 0.379. The van der Waals surface area contributed by atoms with Gasteiger partial charge in [-0.15, -0.1) is 0 Å². The Labute approximate surface area is 482 Å². The first-order valence-electron chi connectivity index (χ1n) is 27.4. The zero-order valence-electron chi connectivity index (χ0n) is 45.5. The number of fused-ring (bicyclic) bond motifs is 3. The molecule has 0 spiro atoms. The molecule has 408 valence electrons. The Hall–Kier alpha value is -9.97. The van der Waals surface area contributed by atoms with Crippen LogP contribution in [0.1, 0.15) is 22.3 Å². The Kier molecular flexibility index (Phi) is 13.6. The molecule has 0 N–H and O–H groups in total. The van der Waals surface area contributed by atoms with E-state index in [1.165, 1.54) is 15.6 Å². The molecule has 13 aromatic rings. The second kappa shape index (κ2) is 21.4. The van der Waals surface area contributed by atoms with E-state index in [4.69, 9.17) is 15.0 Å². The third kappa shape index (κ3) is 9.96. The summed E-state index contributed by atoms with van der Waals surface area (Å²) in [6.45, 7) is 3.27. The van der Waals surface area contributed by atoms with Crippen LogP contribution in [0.15, 0.2) is 267 Å². The average molecular weight is 1130 g/mol. The van der Waals surface area contributed by atoms with Crippen molar-refractivity contribution >= 4 is 50.6 Å². The number of hydrogen-bond donors (Lipinski definition) is 0. The molecule has 0 atom stereocenters. The summed E-state index contributed by atoms with van der Waals surface area (Å²) in [5.74, 6) is 1.43. The topological polar surface area (TPSA) is 43.6 Å². The number of aromatic nitrogens is 4. The highest BCUT2D eigenvalue weighted by atomic mass is 28.3. The van der Waals surface area contributed by atoms with Crippen LogP contribution in [0.3, 0.4) is 0 Å². The van der Waals surface area contributed by atoms with Crippen LogP contribution >= 0.6 is 0 Å². The van der Waals surface area contributed by atoms with Gasteiger partial charge >= 0.3 is 12.4 Å². The van der Waals surface area contributed by atoms with E-state index in [1.54, 1.807) is 26.0 Å². The van der Waals surface area contributed by atoms with Crippen molar-refractivity contribution in [3.8, 4) is 73.2 Å². The summed E-state index contributed by atoms with van der Waals surface area (Å²) in [6, 6.07) is 85.9. The van der Waals surface area contributed by atoms with E-state index in [0.717, 1.165) is 74.0 Å². The molecule has 2 heterocycles. The van der Waals surface area contributed by atoms with E-state index in [0.29, 0.717) is 61.6 Å². The van der Waals surface area contributed by atoms with Crippen molar-refractivity contribution in [1.82, 2.24) is 19.5 Å². The van der Waals surface area contributed by atoms with Gasteiger partial charge in [-0.25, -0.2) is 15.0 Å². The highest BCUT2D eigenvalue weighted by Crippen LogP contribution is 2.42. The maximum absolute atomic E-state index is 14.4. The van der Waals surface area contributed by atoms with Crippen LogP contribution in [0.2, 0.25) is 0 Å². The van der Waals surface area contributed by atoms with Crippen LogP contribution in [-0.2, 0) is 12.4 Å². The SMILES string of the molecule is Cc1cc(-c2ccc3c(c2)c2cc(-c4cc(C)cc(C(F)(F)F)c4)ccc2n3-c2ccc(-c3nc(-c4ccccc4)nc(-c4ccccc4)n3)c(-c3cccc([Si](c4ccccc4)(c4ccccc4)c4ccccc4)c3)c2)cc(C(F)(F)F)c1. The van der Waals surface area contributed by atoms with E-state index in [1.807, 2.05) is 127 Å². The van der Waals surface area contributed by atoms with Gasteiger partial charge in [-0.3, -0.25) is 0 Å². The first-order valence-corrected chi connectivity index (χ1v) is 29.4. The average Bonchev–Trinajstić information content (AvgIpc) is 2.83. The van der Waals surface area contributed by atoms with Crippen LogP contribution in [0.25, 0.3) is 95.0 Å². The Morgan fingerprint density at radius 1 is 0.310 bits per heavy atom. The Bertz CT molecular complexity index is 4310. The molecule has 0 aliphatic rings. The lowest BCUT2D eigenvalue weighted by Gasteiger charge is -2.34. The van der Waals surface area contributed by atoms with Gasteiger partial charge in [0.2, 0.25) is 0 Å². The Morgan fingerprint density at radius 2 is 0.714 bits per heavy atom. The van der Waals surface area contributed by atoms with Crippen molar-refractivity contribution in [2.24, 2.45) is 0 Å². The fourth-order valence-electron chi connectivity index (χ4n) is 11.9. The molecule has 4 nitrogen and oxygen atoms in total. The minimum Gasteiger partial charge on any atom is -0.309 e. The van der Waals surface area contributed by atoms with Crippen molar-refractivity contribution in [3.05, 3.63) is 289 Å². The van der Waals surface area contributed by atoms with Crippen molar-refractivity contribution < 1.29 is 26.3 Å². The van der Waals surface area contributed by atoms with Gasteiger partial charge in [-0.05, 0) is 146 Å². The zero-order chi connectivity index (χ0) is 57.7. The van der Waals surface area contributed by atoms with E-state index >= 15 is 0 Å². The van der Waals surface area contributed by atoms with Crippen molar-refractivity contribution in [2.45, 2.75) is 26.2 Å².